The van der Waals surface area contributed by atoms with Crippen LogP contribution in [0.1, 0.15) is 29.1 Å². The molecule has 2 aromatic rings. The van der Waals surface area contributed by atoms with E-state index in [0.717, 1.165) is 22.3 Å². The van der Waals surface area contributed by atoms with Crippen LogP contribution in [0.3, 0.4) is 0 Å². The second kappa shape index (κ2) is 8.03. The monoisotopic (exact) mass is 404 g/mol. The highest BCUT2D eigenvalue weighted by Crippen LogP contribution is 2.33. The molecule has 134 valence electrons. The molecule has 1 aliphatic rings. The predicted molar refractivity (Wildman–Crippen MR) is 109 cm³/mol. The van der Waals surface area contributed by atoms with Gasteiger partial charge in [0.1, 0.15) is 5.75 Å². The Kier molecular flexibility index (Phi) is 5.75. The average molecular weight is 405 g/mol. The summed E-state index contributed by atoms with van der Waals surface area (Å²) >= 11 is 7.69. The summed E-state index contributed by atoms with van der Waals surface area (Å²) in [6.07, 6.45) is 1.75. The van der Waals surface area contributed by atoms with Crippen molar-refractivity contribution in [2.45, 2.75) is 20.0 Å². The van der Waals surface area contributed by atoms with E-state index in [1.807, 2.05) is 38.1 Å². The zero-order chi connectivity index (χ0) is 18.7. The first-order valence-corrected chi connectivity index (χ1v) is 9.94. The minimum Gasteiger partial charge on any atom is -0.490 e. The topological polar surface area (TPSA) is 58.6 Å². The van der Waals surface area contributed by atoms with Gasteiger partial charge in [-0.3, -0.25) is 15.0 Å². The molecule has 0 spiro atoms. The number of ether oxygens (including phenoxy) is 1. The number of nitrogens with zero attached hydrogens (tertiary/aromatic N) is 1. The van der Waals surface area contributed by atoms with Crippen LogP contribution in [0.25, 0.3) is 6.08 Å². The minimum absolute atomic E-state index is 0.0177. The first kappa shape index (κ1) is 18.6. The summed E-state index contributed by atoms with van der Waals surface area (Å²) in [7, 11) is 0. The third-order valence-corrected chi connectivity index (χ3v) is 5.49. The molecule has 0 saturated carbocycles. The number of thioether (sulfide) groups is 1. The Labute approximate surface area is 165 Å². The quantitative estimate of drug-likeness (QED) is 0.601. The molecule has 1 aromatic carbocycles. The Hall–Kier alpha value is -2.16. The van der Waals surface area contributed by atoms with Gasteiger partial charge in [-0.05, 0) is 49.7 Å². The largest absolute Gasteiger partial charge is 0.490 e. The van der Waals surface area contributed by atoms with Crippen LogP contribution in [0.15, 0.2) is 46.7 Å². The van der Waals surface area contributed by atoms with Gasteiger partial charge in [-0.2, -0.15) is 5.01 Å². The van der Waals surface area contributed by atoms with Crippen molar-refractivity contribution in [3.63, 3.8) is 0 Å². The van der Waals surface area contributed by atoms with Crippen molar-refractivity contribution in [2.75, 3.05) is 0 Å². The number of hydrogen-bond donors (Lipinski definition) is 1. The van der Waals surface area contributed by atoms with Crippen LogP contribution < -0.4 is 10.2 Å². The van der Waals surface area contributed by atoms with Crippen molar-refractivity contribution >= 4 is 57.5 Å². The minimum atomic E-state index is -0.360. The van der Waals surface area contributed by atoms with Crippen LogP contribution in [0.2, 0.25) is 0 Å². The molecular formula is C18H16N2O3S3. The summed E-state index contributed by atoms with van der Waals surface area (Å²) < 4.78 is 6.06. The molecule has 1 aromatic heterocycles. The normalized spacial score (nSPS) is 15.8. The molecule has 3 rings (SSSR count). The smallest absolute Gasteiger partial charge is 0.285 e. The second-order valence-electron chi connectivity index (χ2n) is 5.64. The Morgan fingerprint density at radius 2 is 2.04 bits per heavy atom. The standard InChI is InChI=1S/C18H16N2O3S3/c1-11(2)23-13-7-4-3-6-12(13)10-15-17(22)20(18(24)26-15)19-16(21)14-8-5-9-25-14/h3-11H,1-2H3,(H,19,21)/b15-10-. The van der Waals surface area contributed by atoms with Crippen LogP contribution in [0, 0.1) is 0 Å². The van der Waals surface area contributed by atoms with Gasteiger partial charge in [0.2, 0.25) is 0 Å². The third kappa shape index (κ3) is 4.14. The highest BCUT2D eigenvalue weighted by Gasteiger charge is 2.34. The fourth-order valence-electron chi connectivity index (χ4n) is 2.23. The Morgan fingerprint density at radius 3 is 2.73 bits per heavy atom. The third-order valence-electron chi connectivity index (χ3n) is 3.32. The van der Waals surface area contributed by atoms with Crippen molar-refractivity contribution in [1.82, 2.24) is 10.4 Å². The maximum Gasteiger partial charge on any atom is 0.285 e. The SMILES string of the molecule is CC(C)Oc1ccccc1/C=C1\SC(=S)N(NC(=O)c2cccs2)C1=O. The van der Waals surface area contributed by atoms with Gasteiger partial charge < -0.3 is 4.74 Å². The average Bonchev–Trinajstić information content (AvgIpc) is 3.21. The molecule has 0 bridgehead atoms. The van der Waals surface area contributed by atoms with Crippen LogP contribution in [0.4, 0.5) is 0 Å². The maximum atomic E-state index is 12.7. The van der Waals surface area contributed by atoms with Crippen molar-refractivity contribution in [2.24, 2.45) is 0 Å². The first-order valence-electron chi connectivity index (χ1n) is 7.84. The van der Waals surface area contributed by atoms with Gasteiger partial charge in [0.05, 0.1) is 15.9 Å². The molecule has 1 aliphatic heterocycles. The Balaban J connectivity index is 1.81. The number of benzene rings is 1. The van der Waals surface area contributed by atoms with Crippen LogP contribution in [-0.4, -0.2) is 27.2 Å². The Morgan fingerprint density at radius 1 is 1.27 bits per heavy atom. The van der Waals surface area contributed by atoms with E-state index in [-0.39, 0.29) is 22.2 Å². The van der Waals surface area contributed by atoms with Gasteiger partial charge in [-0.1, -0.05) is 36.0 Å². The lowest BCUT2D eigenvalue weighted by atomic mass is 10.2. The summed E-state index contributed by atoms with van der Waals surface area (Å²) in [6, 6.07) is 10.9. The lowest BCUT2D eigenvalue weighted by molar-refractivity contribution is -0.123. The summed E-state index contributed by atoms with van der Waals surface area (Å²) in [5, 5.41) is 2.91. The fourth-order valence-corrected chi connectivity index (χ4v) is 4.01. The summed E-state index contributed by atoms with van der Waals surface area (Å²) in [6.45, 7) is 3.88. The van der Waals surface area contributed by atoms with E-state index in [1.165, 1.54) is 11.3 Å². The molecule has 1 saturated heterocycles. The number of hydrazine groups is 1. The van der Waals surface area contributed by atoms with E-state index < -0.39 is 0 Å². The number of rotatable bonds is 5. The number of carbonyl (C=O) groups is 2. The summed E-state index contributed by atoms with van der Waals surface area (Å²) in [5.74, 6) is -0.0271. The van der Waals surface area contributed by atoms with Gasteiger partial charge >= 0.3 is 0 Å². The van der Waals surface area contributed by atoms with Crippen LogP contribution >= 0.6 is 35.3 Å². The number of para-hydroxylation sites is 1. The van der Waals surface area contributed by atoms with E-state index in [4.69, 9.17) is 17.0 Å². The van der Waals surface area contributed by atoms with Gasteiger partial charge in [-0.25, -0.2) is 0 Å². The lowest BCUT2D eigenvalue weighted by Gasteiger charge is -2.15. The lowest BCUT2D eigenvalue weighted by Crippen LogP contribution is -2.44. The molecule has 1 fully saturated rings. The molecule has 0 aliphatic carbocycles. The molecule has 0 radical (unpaired) electrons. The number of thiocarbonyl (C=S) groups is 1. The van der Waals surface area contributed by atoms with Crippen molar-refractivity contribution in [3.05, 3.63) is 57.1 Å². The number of thiophene rings is 1. The predicted octanol–water partition coefficient (Wildman–Crippen LogP) is 4.08. The van der Waals surface area contributed by atoms with Crippen molar-refractivity contribution in [1.29, 1.82) is 0 Å². The number of nitrogens with one attached hydrogen (secondary N) is 1. The van der Waals surface area contributed by atoms with E-state index in [2.05, 4.69) is 5.43 Å². The maximum absolute atomic E-state index is 12.7. The molecule has 0 atom stereocenters. The molecule has 2 heterocycles. The zero-order valence-corrected chi connectivity index (χ0v) is 16.5. The van der Waals surface area contributed by atoms with Crippen LogP contribution in [0.5, 0.6) is 5.75 Å². The summed E-state index contributed by atoms with van der Waals surface area (Å²) in [5.41, 5.74) is 3.35. The number of hydrogen-bond acceptors (Lipinski definition) is 6. The summed E-state index contributed by atoms with van der Waals surface area (Å²) in [4.78, 5) is 25.8. The molecule has 2 amide bonds. The molecule has 26 heavy (non-hydrogen) atoms. The van der Waals surface area contributed by atoms with Gasteiger partial charge in [0.25, 0.3) is 11.8 Å². The Bertz CT molecular complexity index is 876. The van der Waals surface area contributed by atoms with E-state index >= 15 is 0 Å². The van der Waals surface area contributed by atoms with Gasteiger partial charge in [0.15, 0.2) is 4.32 Å². The second-order valence-corrected chi connectivity index (χ2v) is 8.26. The molecule has 5 nitrogen and oxygen atoms in total. The molecule has 1 N–H and O–H groups in total. The zero-order valence-electron chi connectivity index (χ0n) is 14.1. The molecular weight excluding hydrogens is 388 g/mol. The van der Waals surface area contributed by atoms with E-state index in [9.17, 15) is 9.59 Å². The van der Waals surface area contributed by atoms with Crippen molar-refractivity contribution < 1.29 is 14.3 Å². The van der Waals surface area contributed by atoms with E-state index in [0.29, 0.717) is 15.5 Å². The van der Waals surface area contributed by atoms with Gasteiger partial charge in [-0.15, -0.1) is 11.3 Å². The van der Waals surface area contributed by atoms with Crippen LogP contribution in [-0.2, 0) is 4.79 Å². The fraction of sp³-hybridized carbons (Fsp3) is 0.167. The molecule has 8 heteroatoms. The number of amides is 2. The van der Waals surface area contributed by atoms with Crippen molar-refractivity contribution in [3.8, 4) is 5.75 Å². The first-order chi connectivity index (χ1) is 12.5. The molecule has 0 unspecified atom stereocenters. The highest BCUT2D eigenvalue weighted by molar-refractivity contribution is 8.26. The van der Waals surface area contributed by atoms with Gasteiger partial charge in [0, 0.05) is 5.56 Å². The van der Waals surface area contributed by atoms with E-state index in [1.54, 1.807) is 23.6 Å². The number of carbonyl (C=O) groups excluding carboxylic acids is 2. The highest BCUT2D eigenvalue weighted by atomic mass is 32.2.